The summed E-state index contributed by atoms with van der Waals surface area (Å²) in [5, 5.41) is 11.9. The maximum Gasteiger partial charge on any atom is 0.184 e. The predicted molar refractivity (Wildman–Crippen MR) is 71.9 cm³/mol. The molecule has 0 unspecified atom stereocenters. The second kappa shape index (κ2) is 5.62. The van der Waals surface area contributed by atoms with Crippen LogP contribution in [0.3, 0.4) is 0 Å². The van der Waals surface area contributed by atoms with Crippen LogP contribution in [0.25, 0.3) is 11.4 Å². The zero-order chi connectivity index (χ0) is 13.0. The van der Waals surface area contributed by atoms with Crippen LogP contribution < -0.4 is 5.73 Å². The number of benzene rings is 1. The SMILES string of the molecule is CCCCCn1nnnc1-c1cccc(C)c1N. The van der Waals surface area contributed by atoms with Gasteiger partial charge in [0.05, 0.1) is 0 Å². The van der Waals surface area contributed by atoms with Gasteiger partial charge >= 0.3 is 0 Å². The van der Waals surface area contributed by atoms with Crippen LogP contribution in [0.1, 0.15) is 31.7 Å². The molecule has 0 amide bonds. The van der Waals surface area contributed by atoms with E-state index in [1.54, 1.807) is 0 Å². The Labute approximate surface area is 107 Å². The first-order chi connectivity index (χ1) is 8.74. The highest BCUT2D eigenvalue weighted by Gasteiger charge is 2.12. The van der Waals surface area contributed by atoms with Crippen molar-refractivity contribution in [3.63, 3.8) is 0 Å². The average Bonchev–Trinajstić information content (AvgIpc) is 2.81. The summed E-state index contributed by atoms with van der Waals surface area (Å²) in [5.74, 6) is 0.757. The molecule has 0 saturated carbocycles. The minimum atomic E-state index is 0.754. The summed E-state index contributed by atoms with van der Waals surface area (Å²) in [7, 11) is 0. The maximum absolute atomic E-state index is 6.09. The molecule has 0 aliphatic rings. The lowest BCUT2D eigenvalue weighted by atomic mass is 10.1. The largest absolute Gasteiger partial charge is 0.398 e. The molecule has 0 bridgehead atoms. The third-order valence-corrected chi connectivity index (χ3v) is 3.07. The van der Waals surface area contributed by atoms with Crippen molar-refractivity contribution in [2.75, 3.05) is 5.73 Å². The number of hydrogen-bond donors (Lipinski definition) is 1. The summed E-state index contributed by atoms with van der Waals surface area (Å²) in [5.41, 5.74) is 8.81. The van der Waals surface area contributed by atoms with Crippen LogP contribution >= 0.6 is 0 Å². The Kier molecular flexibility index (Phi) is 3.92. The Morgan fingerprint density at radius 2 is 2.11 bits per heavy atom. The number of rotatable bonds is 5. The Bertz CT molecular complexity index is 518. The second-order valence-corrected chi connectivity index (χ2v) is 4.47. The van der Waals surface area contributed by atoms with Crippen molar-refractivity contribution in [3.8, 4) is 11.4 Å². The number of hydrogen-bond acceptors (Lipinski definition) is 4. The smallest absolute Gasteiger partial charge is 0.184 e. The van der Waals surface area contributed by atoms with E-state index in [4.69, 9.17) is 5.73 Å². The van der Waals surface area contributed by atoms with E-state index in [0.29, 0.717) is 0 Å². The number of aromatic nitrogens is 4. The topological polar surface area (TPSA) is 69.6 Å². The molecule has 1 aromatic carbocycles. The van der Waals surface area contributed by atoms with E-state index < -0.39 is 0 Å². The van der Waals surface area contributed by atoms with Crippen molar-refractivity contribution < 1.29 is 0 Å². The lowest BCUT2D eigenvalue weighted by Gasteiger charge is -2.08. The number of nitrogens with zero attached hydrogens (tertiary/aromatic N) is 4. The summed E-state index contributed by atoms with van der Waals surface area (Å²) in [6.45, 7) is 5.01. The van der Waals surface area contributed by atoms with E-state index in [0.717, 1.165) is 35.6 Å². The highest BCUT2D eigenvalue weighted by Crippen LogP contribution is 2.26. The van der Waals surface area contributed by atoms with Gasteiger partial charge in [-0.1, -0.05) is 31.9 Å². The zero-order valence-corrected chi connectivity index (χ0v) is 10.9. The minimum absolute atomic E-state index is 0.754. The third kappa shape index (κ3) is 2.50. The van der Waals surface area contributed by atoms with E-state index >= 15 is 0 Å². The van der Waals surface area contributed by atoms with Gasteiger partial charge < -0.3 is 5.73 Å². The average molecular weight is 245 g/mol. The van der Waals surface area contributed by atoms with E-state index in [1.165, 1.54) is 12.8 Å². The van der Waals surface area contributed by atoms with Gasteiger partial charge in [0.25, 0.3) is 0 Å². The van der Waals surface area contributed by atoms with Crippen molar-refractivity contribution >= 4 is 5.69 Å². The number of tetrazole rings is 1. The molecule has 2 rings (SSSR count). The summed E-state index contributed by atoms with van der Waals surface area (Å²) >= 11 is 0. The first kappa shape index (κ1) is 12.5. The molecular weight excluding hydrogens is 226 g/mol. The fourth-order valence-corrected chi connectivity index (χ4v) is 1.94. The summed E-state index contributed by atoms with van der Waals surface area (Å²) in [6.07, 6.45) is 3.45. The number of aryl methyl sites for hydroxylation is 2. The van der Waals surface area contributed by atoms with Gasteiger partial charge in [0.15, 0.2) is 5.82 Å². The Morgan fingerprint density at radius 3 is 2.89 bits per heavy atom. The Morgan fingerprint density at radius 1 is 1.28 bits per heavy atom. The highest BCUT2D eigenvalue weighted by atomic mass is 15.5. The van der Waals surface area contributed by atoms with E-state index in [1.807, 2.05) is 29.8 Å². The van der Waals surface area contributed by atoms with Gasteiger partial charge in [0, 0.05) is 17.8 Å². The molecule has 0 fully saturated rings. The molecule has 2 aromatic rings. The van der Waals surface area contributed by atoms with E-state index in [-0.39, 0.29) is 0 Å². The molecule has 0 aliphatic heterocycles. The molecular formula is C13H19N5. The quantitative estimate of drug-likeness (QED) is 0.648. The molecule has 5 heteroatoms. The molecule has 0 spiro atoms. The van der Waals surface area contributed by atoms with Gasteiger partial charge in [-0.25, -0.2) is 4.68 Å². The van der Waals surface area contributed by atoms with E-state index in [2.05, 4.69) is 22.4 Å². The normalized spacial score (nSPS) is 10.8. The fourth-order valence-electron chi connectivity index (χ4n) is 1.94. The van der Waals surface area contributed by atoms with Gasteiger partial charge in [-0.3, -0.25) is 0 Å². The molecule has 96 valence electrons. The lowest BCUT2D eigenvalue weighted by molar-refractivity contribution is 0.541. The molecule has 2 N–H and O–H groups in total. The predicted octanol–water partition coefficient (Wildman–Crippen LogP) is 2.42. The number of para-hydroxylation sites is 1. The van der Waals surface area contributed by atoms with Gasteiger partial charge in [-0.15, -0.1) is 5.10 Å². The third-order valence-electron chi connectivity index (χ3n) is 3.07. The first-order valence-electron chi connectivity index (χ1n) is 6.35. The van der Waals surface area contributed by atoms with Crippen molar-refractivity contribution in [1.82, 2.24) is 20.2 Å². The second-order valence-electron chi connectivity index (χ2n) is 4.47. The van der Waals surface area contributed by atoms with Crippen molar-refractivity contribution in [2.24, 2.45) is 0 Å². The highest BCUT2D eigenvalue weighted by molar-refractivity contribution is 5.73. The van der Waals surface area contributed by atoms with Crippen LogP contribution in [-0.4, -0.2) is 20.2 Å². The van der Waals surface area contributed by atoms with Crippen LogP contribution in [0.2, 0.25) is 0 Å². The van der Waals surface area contributed by atoms with E-state index in [9.17, 15) is 0 Å². The maximum atomic E-state index is 6.09. The van der Waals surface area contributed by atoms with Gasteiger partial charge in [-0.2, -0.15) is 0 Å². The first-order valence-corrected chi connectivity index (χ1v) is 6.35. The summed E-state index contributed by atoms with van der Waals surface area (Å²) in [4.78, 5) is 0. The van der Waals surface area contributed by atoms with Crippen molar-refractivity contribution in [2.45, 2.75) is 39.7 Å². The molecule has 18 heavy (non-hydrogen) atoms. The number of nitrogen functional groups attached to an aromatic ring is 1. The monoisotopic (exact) mass is 245 g/mol. The standard InChI is InChI=1S/C13H19N5/c1-3-4-5-9-18-13(15-16-17-18)11-8-6-7-10(2)12(11)14/h6-8H,3-5,9,14H2,1-2H3. The molecule has 5 nitrogen and oxygen atoms in total. The van der Waals surface area contributed by atoms with Crippen LogP contribution in [0.15, 0.2) is 18.2 Å². The molecule has 0 aliphatic carbocycles. The lowest BCUT2D eigenvalue weighted by Crippen LogP contribution is -2.05. The van der Waals surface area contributed by atoms with Crippen LogP contribution in [0.5, 0.6) is 0 Å². The molecule has 0 saturated heterocycles. The minimum Gasteiger partial charge on any atom is -0.398 e. The Hall–Kier alpha value is -1.91. The van der Waals surface area contributed by atoms with Gasteiger partial charge in [-0.05, 0) is 35.4 Å². The number of nitrogens with two attached hydrogens (primary N) is 1. The fraction of sp³-hybridized carbons (Fsp3) is 0.462. The number of anilines is 1. The zero-order valence-electron chi connectivity index (χ0n) is 10.9. The van der Waals surface area contributed by atoms with Crippen molar-refractivity contribution in [3.05, 3.63) is 23.8 Å². The van der Waals surface area contributed by atoms with Crippen molar-refractivity contribution in [1.29, 1.82) is 0 Å². The molecule has 0 atom stereocenters. The number of unbranched alkanes of at least 4 members (excludes halogenated alkanes) is 2. The van der Waals surface area contributed by atoms with Crippen LogP contribution in [0.4, 0.5) is 5.69 Å². The summed E-state index contributed by atoms with van der Waals surface area (Å²) < 4.78 is 1.83. The van der Waals surface area contributed by atoms with Crippen LogP contribution in [0, 0.1) is 6.92 Å². The molecule has 1 aromatic heterocycles. The van der Waals surface area contributed by atoms with Crippen LogP contribution in [-0.2, 0) is 6.54 Å². The van der Waals surface area contributed by atoms with Gasteiger partial charge in [0.1, 0.15) is 0 Å². The summed E-state index contributed by atoms with van der Waals surface area (Å²) in [6, 6.07) is 5.93. The Balaban J connectivity index is 2.28. The molecule has 0 radical (unpaired) electrons. The van der Waals surface area contributed by atoms with Gasteiger partial charge in [0.2, 0.25) is 0 Å². The molecule has 1 heterocycles.